The van der Waals surface area contributed by atoms with E-state index in [1.807, 2.05) is 0 Å². The number of halogens is 1. The fourth-order valence-corrected chi connectivity index (χ4v) is 2.68. The van der Waals surface area contributed by atoms with Crippen LogP contribution in [0.5, 0.6) is 5.75 Å². The van der Waals surface area contributed by atoms with E-state index in [-0.39, 0.29) is 24.2 Å². The van der Waals surface area contributed by atoms with Crippen LogP contribution in [0.1, 0.15) is 26.3 Å². The first kappa shape index (κ1) is 22.4. The second-order valence-corrected chi connectivity index (χ2v) is 6.09. The van der Waals surface area contributed by atoms with E-state index in [9.17, 15) is 9.59 Å². The van der Waals surface area contributed by atoms with Crippen molar-refractivity contribution in [2.45, 2.75) is 0 Å². The lowest BCUT2D eigenvalue weighted by Gasteiger charge is -2.13. The number of nitrogens with two attached hydrogens (primary N) is 1. The van der Waals surface area contributed by atoms with E-state index < -0.39 is 0 Å². The van der Waals surface area contributed by atoms with Crippen molar-refractivity contribution in [1.82, 2.24) is 0 Å². The van der Waals surface area contributed by atoms with Gasteiger partial charge in [-0.1, -0.05) is 24.3 Å². The Balaban J connectivity index is 0.00000320. The highest BCUT2D eigenvalue weighted by Gasteiger charge is 2.12. The van der Waals surface area contributed by atoms with E-state index in [0.29, 0.717) is 33.8 Å². The van der Waals surface area contributed by atoms with Gasteiger partial charge in [0.05, 0.1) is 24.7 Å². The summed E-state index contributed by atoms with van der Waals surface area (Å²) in [5.41, 5.74) is 2.60. The van der Waals surface area contributed by atoms with Gasteiger partial charge >= 0.3 is 0 Å². The maximum atomic E-state index is 12.6. The van der Waals surface area contributed by atoms with Crippen molar-refractivity contribution in [3.8, 4) is 5.75 Å². The molecule has 0 aliphatic rings. The molecule has 3 aromatic rings. The maximum absolute atomic E-state index is 12.6. The van der Waals surface area contributed by atoms with Gasteiger partial charge in [-0.3, -0.25) is 9.59 Å². The Kier molecular flexibility index (Phi) is 7.96. The number of hydrazone groups is 1. The Bertz CT molecular complexity index is 1050. The number of amides is 2. The maximum Gasteiger partial charge on any atom is 0.255 e. The van der Waals surface area contributed by atoms with Crippen molar-refractivity contribution >= 4 is 41.8 Å². The molecule has 30 heavy (non-hydrogen) atoms. The second kappa shape index (κ2) is 10.6. The molecule has 0 aliphatic heterocycles. The van der Waals surface area contributed by atoms with Gasteiger partial charge in [-0.15, -0.1) is 12.4 Å². The number of hydrogen-bond donors (Lipinski definition) is 3. The predicted molar refractivity (Wildman–Crippen MR) is 121 cm³/mol. The molecule has 0 saturated carbocycles. The fourth-order valence-electron chi connectivity index (χ4n) is 2.68. The zero-order chi connectivity index (χ0) is 20.6. The van der Waals surface area contributed by atoms with E-state index >= 15 is 0 Å². The molecule has 0 heterocycles. The minimum absolute atomic E-state index is 0. The van der Waals surface area contributed by atoms with Crippen molar-refractivity contribution in [2.75, 3.05) is 17.7 Å². The normalized spacial score (nSPS) is 10.2. The smallest absolute Gasteiger partial charge is 0.255 e. The summed E-state index contributed by atoms with van der Waals surface area (Å²) in [5.74, 6) is 5.21. The van der Waals surface area contributed by atoms with Gasteiger partial charge in [0.2, 0.25) is 0 Å². The van der Waals surface area contributed by atoms with Crippen LogP contribution in [-0.4, -0.2) is 25.1 Å². The fraction of sp³-hybridized carbons (Fsp3) is 0.0455. The standard InChI is InChI=1S/C22H20N4O3.ClH/c1-29-18-11-9-16(10-12-18)21(27)25-19-7-2-3-8-20(19)26-22(28)17-6-4-5-15(13-17)14-24-23;/h2-14H,23H2,1H3,(H,25,27)(H,26,28);1H. The van der Waals surface area contributed by atoms with Gasteiger partial charge in [-0.25, -0.2) is 0 Å². The zero-order valence-corrected chi connectivity index (χ0v) is 17.0. The van der Waals surface area contributed by atoms with Crippen LogP contribution in [0, 0.1) is 0 Å². The highest BCUT2D eigenvalue weighted by molar-refractivity contribution is 6.10. The van der Waals surface area contributed by atoms with E-state index in [0.717, 1.165) is 0 Å². The molecule has 0 aliphatic carbocycles. The third-order valence-electron chi connectivity index (χ3n) is 4.15. The van der Waals surface area contributed by atoms with Gasteiger partial charge in [0.15, 0.2) is 0 Å². The summed E-state index contributed by atoms with van der Waals surface area (Å²) in [5, 5.41) is 9.11. The van der Waals surface area contributed by atoms with Crippen molar-refractivity contribution in [3.63, 3.8) is 0 Å². The lowest BCUT2D eigenvalue weighted by molar-refractivity contribution is 0.101. The molecule has 0 fully saturated rings. The summed E-state index contributed by atoms with van der Waals surface area (Å²) in [4.78, 5) is 25.2. The molecule has 4 N–H and O–H groups in total. The van der Waals surface area contributed by atoms with Gasteiger partial charge in [-0.2, -0.15) is 5.10 Å². The number of ether oxygens (including phenoxy) is 1. The van der Waals surface area contributed by atoms with Crippen molar-refractivity contribution in [3.05, 3.63) is 89.5 Å². The number of hydrogen-bond acceptors (Lipinski definition) is 5. The van der Waals surface area contributed by atoms with Crippen LogP contribution in [0.25, 0.3) is 0 Å². The van der Waals surface area contributed by atoms with E-state index in [1.165, 1.54) is 6.21 Å². The van der Waals surface area contributed by atoms with E-state index in [1.54, 1.807) is 79.9 Å². The third-order valence-corrected chi connectivity index (χ3v) is 4.15. The summed E-state index contributed by atoms with van der Waals surface area (Å²) in [7, 11) is 1.56. The topological polar surface area (TPSA) is 106 Å². The monoisotopic (exact) mass is 424 g/mol. The summed E-state index contributed by atoms with van der Waals surface area (Å²) < 4.78 is 5.10. The quantitative estimate of drug-likeness (QED) is 0.317. The van der Waals surface area contributed by atoms with Crippen LogP contribution in [0.15, 0.2) is 77.9 Å². The molecule has 0 unspecified atom stereocenters. The minimum atomic E-state index is -0.316. The van der Waals surface area contributed by atoms with Gasteiger partial charge in [0.1, 0.15) is 5.75 Å². The molecule has 0 radical (unpaired) electrons. The van der Waals surface area contributed by atoms with E-state index in [4.69, 9.17) is 10.6 Å². The number of nitrogens with one attached hydrogen (secondary N) is 2. The number of methoxy groups -OCH3 is 1. The molecule has 0 saturated heterocycles. The number of anilines is 2. The summed E-state index contributed by atoms with van der Waals surface area (Å²) in [6.07, 6.45) is 1.46. The number of rotatable bonds is 6. The molecule has 3 aromatic carbocycles. The molecule has 0 aromatic heterocycles. The molecule has 8 heteroatoms. The van der Waals surface area contributed by atoms with Crippen molar-refractivity contribution < 1.29 is 14.3 Å². The highest BCUT2D eigenvalue weighted by Crippen LogP contribution is 2.23. The number of carbonyl (C=O) groups excluding carboxylic acids is 2. The number of benzene rings is 3. The molecule has 3 rings (SSSR count). The van der Waals surface area contributed by atoms with Crippen LogP contribution in [0.3, 0.4) is 0 Å². The Morgan fingerprint density at radius 1 is 0.867 bits per heavy atom. The first-order chi connectivity index (χ1) is 14.1. The van der Waals surface area contributed by atoms with Crippen LogP contribution >= 0.6 is 12.4 Å². The van der Waals surface area contributed by atoms with Crippen LogP contribution in [0.2, 0.25) is 0 Å². The molecule has 7 nitrogen and oxygen atoms in total. The first-order valence-electron chi connectivity index (χ1n) is 8.80. The molecule has 2 amide bonds. The van der Waals surface area contributed by atoms with Gasteiger partial charge in [-0.05, 0) is 54.1 Å². The molecule has 0 spiro atoms. The Morgan fingerprint density at radius 2 is 1.47 bits per heavy atom. The highest BCUT2D eigenvalue weighted by atomic mass is 35.5. The Morgan fingerprint density at radius 3 is 2.03 bits per heavy atom. The van der Waals surface area contributed by atoms with Crippen LogP contribution in [-0.2, 0) is 0 Å². The minimum Gasteiger partial charge on any atom is -0.497 e. The van der Waals surface area contributed by atoms with Crippen molar-refractivity contribution in [1.29, 1.82) is 0 Å². The summed E-state index contributed by atoms with van der Waals surface area (Å²) in [6, 6.07) is 20.6. The average Bonchev–Trinajstić information content (AvgIpc) is 2.75. The van der Waals surface area contributed by atoms with Crippen molar-refractivity contribution in [2.24, 2.45) is 10.9 Å². The first-order valence-corrected chi connectivity index (χ1v) is 8.80. The predicted octanol–water partition coefficient (Wildman–Crippen LogP) is 3.91. The SMILES string of the molecule is COc1ccc(C(=O)Nc2ccccc2NC(=O)c2cccc(C=NN)c2)cc1.Cl. The van der Waals surface area contributed by atoms with Gasteiger partial charge in [0.25, 0.3) is 11.8 Å². The summed E-state index contributed by atoms with van der Waals surface area (Å²) in [6.45, 7) is 0. The summed E-state index contributed by atoms with van der Waals surface area (Å²) >= 11 is 0. The van der Waals surface area contributed by atoms with Gasteiger partial charge in [0, 0.05) is 11.1 Å². The number of nitrogens with zero attached hydrogens (tertiary/aromatic N) is 1. The molecule has 154 valence electrons. The third kappa shape index (κ3) is 5.59. The lowest BCUT2D eigenvalue weighted by atomic mass is 10.1. The van der Waals surface area contributed by atoms with Gasteiger partial charge < -0.3 is 21.2 Å². The molecule has 0 atom stereocenters. The average molecular weight is 425 g/mol. The van der Waals surface area contributed by atoms with E-state index in [2.05, 4.69) is 15.7 Å². The Hall–Kier alpha value is -3.84. The molecular weight excluding hydrogens is 404 g/mol. The number of carbonyl (C=O) groups is 2. The van der Waals surface area contributed by atoms with Crippen LogP contribution in [0.4, 0.5) is 11.4 Å². The Labute approximate surface area is 180 Å². The number of para-hydroxylation sites is 2. The molecule has 0 bridgehead atoms. The second-order valence-electron chi connectivity index (χ2n) is 6.09. The zero-order valence-electron chi connectivity index (χ0n) is 16.2. The molecular formula is C22H21ClN4O3. The largest absolute Gasteiger partial charge is 0.497 e. The van der Waals surface area contributed by atoms with Crippen LogP contribution < -0.4 is 21.2 Å². The lowest BCUT2D eigenvalue weighted by Crippen LogP contribution is -2.17.